The second-order valence-corrected chi connectivity index (χ2v) is 5.66. The lowest BCUT2D eigenvalue weighted by Gasteiger charge is -2.18. The Kier molecular flexibility index (Phi) is 5.09. The Morgan fingerprint density at radius 1 is 1.04 bits per heavy atom. The summed E-state index contributed by atoms with van der Waals surface area (Å²) >= 11 is 0. The third kappa shape index (κ3) is 4.03. The Balaban J connectivity index is 1.64. The maximum Gasteiger partial charge on any atom is 0.340 e. The predicted octanol–water partition coefficient (Wildman–Crippen LogP) is 2.61. The van der Waals surface area contributed by atoms with Gasteiger partial charge in [0.2, 0.25) is 5.91 Å². The number of hydrogen-bond donors (Lipinski definition) is 1. The van der Waals surface area contributed by atoms with Crippen molar-refractivity contribution in [1.29, 1.82) is 0 Å². The van der Waals surface area contributed by atoms with Gasteiger partial charge in [0.05, 0.1) is 11.3 Å². The molecule has 6 heteroatoms. The Labute approximate surface area is 145 Å². The molecule has 0 atom stereocenters. The minimum atomic E-state index is -0.626. The van der Waals surface area contributed by atoms with Crippen molar-refractivity contribution in [2.45, 2.75) is 12.8 Å². The van der Waals surface area contributed by atoms with Crippen LogP contribution in [0.5, 0.6) is 0 Å². The molecule has 25 heavy (non-hydrogen) atoms. The van der Waals surface area contributed by atoms with E-state index < -0.39 is 18.5 Å². The number of carbonyl (C=O) groups is 3. The smallest absolute Gasteiger partial charge is 0.340 e. The van der Waals surface area contributed by atoms with Crippen LogP contribution in [0.2, 0.25) is 0 Å². The van der Waals surface area contributed by atoms with Gasteiger partial charge < -0.3 is 15.0 Å². The minimum Gasteiger partial charge on any atom is -0.452 e. The van der Waals surface area contributed by atoms with E-state index in [1.165, 1.54) is 0 Å². The molecule has 0 saturated carbocycles. The lowest BCUT2D eigenvalue weighted by molar-refractivity contribution is -0.119. The molecule has 0 unspecified atom stereocenters. The van der Waals surface area contributed by atoms with E-state index in [9.17, 15) is 14.4 Å². The normalized spacial score (nSPS) is 13.6. The van der Waals surface area contributed by atoms with Gasteiger partial charge in [-0.1, -0.05) is 30.3 Å². The zero-order valence-electron chi connectivity index (χ0n) is 13.6. The lowest BCUT2D eigenvalue weighted by atomic mass is 10.1. The Bertz CT molecular complexity index is 789. The van der Waals surface area contributed by atoms with Crippen molar-refractivity contribution in [3.63, 3.8) is 0 Å². The summed E-state index contributed by atoms with van der Waals surface area (Å²) in [4.78, 5) is 37.7. The second-order valence-electron chi connectivity index (χ2n) is 5.66. The van der Waals surface area contributed by atoms with Crippen LogP contribution in [-0.4, -0.2) is 30.9 Å². The molecule has 0 aromatic heterocycles. The third-order valence-electron chi connectivity index (χ3n) is 3.88. The number of anilines is 2. The summed E-state index contributed by atoms with van der Waals surface area (Å²) in [5.74, 6) is -1.06. The summed E-state index contributed by atoms with van der Waals surface area (Å²) in [7, 11) is 0. The number of hydrogen-bond acceptors (Lipinski definition) is 4. The number of para-hydroxylation sites is 2. The number of rotatable bonds is 5. The van der Waals surface area contributed by atoms with E-state index in [1.807, 2.05) is 6.07 Å². The van der Waals surface area contributed by atoms with Crippen molar-refractivity contribution < 1.29 is 19.1 Å². The molecule has 128 valence electrons. The van der Waals surface area contributed by atoms with E-state index in [4.69, 9.17) is 4.74 Å². The summed E-state index contributed by atoms with van der Waals surface area (Å²) in [5.41, 5.74) is 1.44. The van der Waals surface area contributed by atoms with Crippen LogP contribution in [0.15, 0.2) is 54.6 Å². The lowest BCUT2D eigenvalue weighted by Crippen LogP contribution is -2.27. The molecular weight excluding hydrogens is 320 g/mol. The molecule has 2 amide bonds. The molecule has 0 spiro atoms. The number of amides is 2. The predicted molar refractivity (Wildman–Crippen MR) is 93.4 cm³/mol. The molecule has 0 bridgehead atoms. The van der Waals surface area contributed by atoms with E-state index in [0.29, 0.717) is 24.3 Å². The van der Waals surface area contributed by atoms with Gasteiger partial charge in [-0.3, -0.25) is 9.59 Å². The zero-order valence-corrected chi connectivity index (χ0v) is 13.6. The summed E-state index contributed by atoms with van der Waals surface area (Å²) in [6.07, 6.45) is 1.24. The number of nitrogens with one attached hydrogen (secondary N) is 1. The van der Waals surface area contributed by atoms with E-state index >= 15 is 0 Å². The highest BCUT2D eigenvalue weighted by atomic mass is 16.5. The average molecular weight is 338 g/mol. The van der Waals surface area contributed by atoms with Crippen molar-refractivity contribution in [3.8, 4) is 0 Å². The molecule has 1 aliphatic heterocycles. The summed E-state index contributed by atoms with van der Waals surface area (Å²) < 4.78 is 5.11. The number of nitrogens with zero attached hydrogens (tertiary/aromatic N) is 1. The van der Waals surface area contributed by atoms with Crippen molar-refractivity contribution in [2.75, 3.05) is 23.4 Å². The van der Waals surface area contributed by atoms with E-state index in [0.717, 1.165) is 6.42 Å². The van der Waals surface area contributed by atoms with Crippen LogP contribution in [0.25, 0.3) is 0 Å². The largest absolute Gasteiger partial charge is 0.452 e. The SMILES string of the molecule is O=C(COC(=O)c1ccccc1N1CCCC1=O)Nc1ccccc1. The van der Waals surface area contributed by atoms with Gasteiger partial charge in [-0.2, -0.15) is 0 Å². The average Bonchev–Trinajstić information content (AvgIpc) is 3.06. The highest BCUT2D eigenvalue weighted by Crippen LogP contribution is 2.25. The monoisotopic (exact) mass is 338 g/mol. The fourth-order valence-corrected chi connectivity index (χ4v) is 2.71. The van der Waals surface area contributed by atoms with E-state index in [1.54, 1.807) is 53.4 Å². The number of ether oxygens (including phenoxy) is 1. The highest BCUT2D eigenvalue weighted by Gasteiger charge is 2.26. The highest BCUT2D eigenvalue weighted by molar-refractivity contribution is 6.04. The van der Waals surface area contributed by atoms with Gasteiger partial charge in [-0.15, -0.1) is 0 Å². The summed E-state index contributed by atoms with van der Waals surface area (Å²) in [6.45, 7) is 0.188. The molecule has 1 N–H and O–H groups in total. The first-order valence-corrected chi connectivity index (χ1v) is 8.06. The van der Waals surface area contributed by atoms with Crippen molar-refractivity contribution >= 4 is 29.2 Å². The zero-order chi connectivity index (χ0) is 17.6. The first-order chi connectivity index (χ1) is 12.1. The van der Waals surface area contributed by atoms with Gasteiger partial charge in [0.1, 0.15) is 0 Å². The third-order valence-corrected chi connectivity index (χ3v) is 3.88. The topological polar surface area (TPSA) is 75.7 Å². The Morgan fingerprint density at radius 2 is 1.76 bits per heavy atom. The molecule has 6 nitrogen and oxygen atoms in total. The fraction of sp³-hybridized carbons (Fsp3) is 0.211. The standard InChI is InChI=1S/C19H18N2O4/c22-17(20-14-7-2-1-3-8-14)13-25-19(24)15-9-4-5-10-16(15)21-12-6-11-18(21)23/h1-5,7-10H,6,11-13H2,(H,20,22). The molecule has 2 aromatic rings. The van der Waals surface area contributed by atoms with E-state index in [2.05, 4.69) is 5.32 Å². The van der Waals surface area contributed by atoms with E-state index in [-0.39, 0.29) is 11.5 Å². The molecule has 0 radical (unpaired) electrons. The maximum absolute atomic E-state index is 12.3. The first-order valence-electron chi connectivity index (χ1n) is 8.06. The van der Waals surface area contributed by atoms with Gasteiger partial charge >= 0.3 is 5.97 Å². The molecule has 1 aliphatic rings. The van der Waals surface area contributed by atoms with Gasteiger partial charge in [0, 0.05) is 18.7 Å². The van der Waals surface area contributed by atoms with Gasteiger partial charge in [-0.25, -0.2) is 4.79 Å². The van der Waals surface area contributed by atoms with Crippen LogP contribution < -0.4 is 10.2 Å². The number of esters is 1. The van der Waals surface area contributed by atoms with Crippen LogP contribution in [0, 0.1) is 0 Å². The van der Waals surface area contributed by atoms with Crippen molar-refractivity contribution in [1.82, 2.24) is 0 Å². The Morgan fingerprint density at radius 3 is 2.48 bits per heavy atom. The van der Waals surface area contributed by atoms with Crippen LogP contribution in [0.3, 0.4) is 0 Å². The van der Waals surface area contributed by atoms with Gasteiger partial charge in [0.25, 0.3) is 5.91 Å². The van der Waals surface area contributed by atoms with Crippen LogP contribution in [-0.2, 0) is 14.3 Å². The molecule has 3 rings (SSSR count). The summed E-state index contributed by atoms with van der Waals surface area (Å²) in [6, 6.07) is 15.7. The Hall–Kier alpha value is -3.15. The first kappa shape index (κ1) is 16.7. The van der Waals surface area contributed by atoms with Crippen LogP contribution in [0.1, 0.15) is 23.2 Å². The fourth-order valence-electron chi connectivity index (χ4n) is 2.71. The number of benzene rings is 2. The molecule has 1 heterocycles. The molecule has 2 aromatic carbocycles. The van der Waals surface area contributed by atoms with Gasteiger partial charge in [-0.05, 0) is 30.7 Å². The minimum absolute atomic E-state index is 0.0120. The molecule has 1 fully saturated rings. The van der Waals surface area contributed by atoms with Crippen LogP contribution >= 0.6 is 0 Å². The van der Waals surface area contributed by atoms with Crippen LogP contribution in [0.4, 0.5) is 11.4 Å². The molecule has 0 aliphatic carbocycles. The van der Waals surface area contributed by atoms with Crippen molar-refractivity contribution in [2.24, 2.45) is 0 Å². The summed E-state index contributed by atoms with van der Waals surface area (Å²) in [5, 5.41) is 2.64. The van der Waals surface area contributed by atoms with Gasteiger partial charge in [0.15, 0.2) is 6.61 Å². The van der Waals surface area contributed by atoms with Crippen molar-refractivity contribution in [3.05, 3.63) is 60.2 Å². The second kappa shape index (κ2) is 7.61. The molecular formula is C19H18N2O4. The molecule has 1 saturated heterocycles. The quantitative estimate of drug-likeness (QED) is 0.850. The maximum atomic E-state index is 12.3. The number of carbonyl (C=O) groups excluding carboxylic acids is 3.